The Kier molecular flexibility index (Phi) is 5.77. The zero-order valence-electron chi connectivity index (χ0n) is 13.1. The Labute approximate surface area is 135 Å². The maximum Gasteiger partial charge on any atom is 0.248 e. The van der Waals surface area contributed by atoms with Gasteiger partial charge in [0.25, 0.3) is 0 Å². The number of rotatable bonds is 6. The molecule has 0 atom stereocenters. The number of methoxy groups -OCH3 is 1. The third-order valence-corrected chi connectivity index (χ3v) is 3.06. The highest BCUT2D eigenvalue weighted by molar-refractivity contribution is 6.02. The van der Waals surface area contributed by atoms with Crippen molar-refractivity contribution < 1.29 is 19.4 Å². The number of phenolic OH excluding ortho intramolecular Hbond substituents is 1. The van der Waals surface area contributed by atoms with Gasteiger partial charge in [-0.1, -0.05) is 18.2 Å². The fraction of sp³-hybridized carbons (Fsp3) is 0.167. The molecule has 2 aromatic rings. The molecule has 0 aliphatic carbocycles. The van der Waals surface area contributed by atoms with Gasteiger partial charge in [-0.3, -0.25) is 4.79 Å². The molecule has 0 bridgehead atoms. The van der Waals surface area contributed by atoms with Crippen LogP contribution >= 0.6 is 0 Å². The van der Waals surface area contributed by atoms with Crippen molar-refractivity contribution in [1.82, 2.24) is 0 Å². The van der Waals surface area contributed by atoms with E-state index in [9.17, 15) is 9.90 Å². The lowest BCUT2D eigenvalue weighted by Gasteiger charge is -2.06. The molecule has 0 unspecified atom stereocenters. The number of nitrogens with one attached hydrogen (secondary N) is 1. The van der Waals surface area contributed by atoms with Crippen molar-refractivity contribution in [2.45, 2.75) is 6.92 Å². The molecule has 5 nitrogen and oxygen atoms in total. The second kappa shape index (κ2) is 8.00. The van der Waals surface area contributed by atoms with Crippen LogP contribution in [-0.4, -0.2) is 24.9 Å². The zero-order valence-corrected chi connectivity index (χ0v) is 13.1. The van der Waals surface area contributed by atoms with Gasteiger partial charge in [-0.05, 0) is 48.4 Å². The highest BCUT2D eigenvalue weighted by Gasteiger charge is 2.04. The molecular weight excluding hydrogens is 294 g/mol. The lowest BCUT2D eigenvalue weighted by atomic mass is 10.2. The third-order valence-electron chi connectivity index (χ3n) is 3.06. The van der Waals surface area contributed by atoms with E-state index in [1.807, 2.05) is 19.1 Å². The minimum atomic E-state index is -0.314. The number of carbonyl (C=O) groups excluding carboxylic acids is 1. The summed E-state index contributed by atoms with van der Waals surface area (Å²) in [7, 11) is 1.56. The van der Waals surface area contributed by atoms with E-state index in [1.54, 1.807) is 43.5 Å². The van der Waals surface area contributed by atoms with Crippen LogP contribution in [0.25, 0.3) is 6.08 Å². The first-order chi connectivity index (χ1) is 11.1. The van der Waals surface area contributed by atoms with Gasteiger partial charge in [-0.2, -0.15) is 0 Å². The Morgan fingerprint density at radius 1 is 1.22 bits per heavy atom. The fourth-order valence-corrected chi connectivity index (χ4v) is 1.90. The standard InChI is InChI=1S/C18H19NO4/c1-13-3-9-17(20)16(11-13)19-18(21)10-6-14-4-7-15(8-5-14)23-12-22-2/h3-11,20H,12H2,1-2H3,(H,19,21)/b10-6+. The summed E-state index contributed by atoms with van der Waals surface area (Å²) in [6.45, 7) is 2.08. The molecule has 0 aromatic heterocycles. The molecule has 2 N–H and O–H groups in total. The summed E-state index contributed by atoms with van der Waals surface area (Å²) < 4.78 is 10.1. The Morgan fingerprint density at radius 3 is 2.65 bits per heavy atom. The fourth-order valence-electron chi connectivity index (χ4n) is 1.90. The van der Waals surface area contributed by atoms with Crippen LogP contribution in [0.15, 0.2) is 48.5 Å². The second-order valence-electron chi connectivity index (χ2n) is 4.96. The number of ether oxygens (including phenoxy) is 2. The molecule has 120 valence electrons. The SMILES string of the molecule is COCOc1ccc(/C=C/C(=O)Nc2cc(C)ccc2O)cc1. The molecule has 0 saturated heterocycles. The van der Waals surface area contributed by atoms with Crippen LogP contribution < -0.4 is 10.1 Å². The van der Waals surface area contributed by atoms with E-state index in [1.165, 1.54) is 6.08 Å². The van der Waals surface area contributed by atoms with Gasteiger partial charge in [0.15, 0.2) is 6.79 Å². The number of hydrogen-bond donors (Lipinski definition) is 2. The van der Waals surface area contributed by atoms with Crippen LogP contribution in [0.1, 0.15) is 11.1 Å². The highest BCUT2D eigenvalue weighted by atomic mass is 16.7. The molecular formula is C18H19NO4. The molecule has 0 radical (unpaired) electrons. The van der Waals surface area contributed by atoms with E-state index in [-0.39, 0.29) is 18.4 Å². The Balaban J connectivity index is 1.96. The molecule has 0 aliphatic heterocycles. The van der Waals surface area contributed by atoms with Crippen molar-refractivity contribution in [2.24, 2.45) is 0 Å². The number of amides is 1. The maximum absolute atomic E-state index is 11.9. The van der Waals surface area contributed by atoms with Gasteiger partial charge in [-0.15, -0.1) is 0 Å². The average Bonchev–Trinajstić information content (AvgIpc) is 2.55. The second-order valence-corrected chi connectivity index (χ2v) is 4.96. The van der Waals surface area contributed by atoms with E-state index < -0.39 is 0 Å². The average molecular weight is 313 g/mol. The van der Waals surface area contributed by atoms with Crippen LogP contribution in [0.5, 0.6) is 11.5 Å². The van der Waals surface area contributed by atoms with Crippen molar-refractivity contribution in [3.05, 3.63) is 59.7 Å². The van der Waals surface area contributed by atoms with E-state index in [0.29, 0.717) is 11.4 Å². The summed E-state index contributed by atoms with van der Waals surface area (Å²) >= 11 is 0. The normalized spacial score (nSPS) is 10.7. The number of anilines is 1. The Hall–Kier alpha value is -2.79. The highest BCUT2D eigenvalue weighted by Crippen LogP contribution is 2.23. The van der Waals surface area contributed by atoms with Crippen molar-refractivity contribution >= 4 is 17.7 Å². The molecule has 23 heavy (non-hydrogen) atoms. The van der Waals surface area contributed by atoms with E-state index >= 15 is 0 Å². The monoisotopic (exact) mass is 313 g/mol. The molecule has 0 heterocycles. The predicted octanol–water partition coefficient (Wildman–Crippen LogP) is 3.34. The number of carbonyl (C=O) groups is 1. The number of hydrogen-bond acceptors (Lipinski definition) is 4. The molecule has 2 aromatic carbocycles. The number of phenols is 1. The molecule has 0 saturated carbocycles. The summed E-state index contributed by atoms with van der Waals surface area (Å²) in [4.78, 5) is 11.9. The maximum atomic E-state index is 11.9. The van der Waals surface area contributed by atoms with Crippen LogP contribution in [0.4, 0.5) is 5.69 Å². The quantitative estimate of drug-likeness (QED) is 0.487. The molecule has 0 spiro atoms. The Morgan fingerprint density at radius 2 is 1.96 bits per heavy atom. The van der Waals surface area contributed by atoms with Gasteiger partial charge < -0.3 is 19.9 Å². The Bertz CT molecular complexity index is 693. The van der Waals surface area contributed by atoms with Gasteiger partial charge in [0.1, 0.15) is 11.5 Å². The minimum Gasteiger partial charge on any atom is -0.506 e. The van der Waals surface area contributed by atoms with Crippen molar-refractivity contribution in [2.75, 3.05) is 19.2 Å². The zero-order chi connectivity index (χ0) is 16.7. The topological polar surface area (TPSA) is 67.8 Å². The van der Waals surface area contributed by atoms with E-state index in [4.69, 9.17) is 9.47 Å². The largest absolute Gasteiger partial charge is 0.506 e. The first kappa shape index (κ1) is 16.6. The van der Waals surface area contributed by atoms with Gasteiger partial charge in [0.2, 0.25) is 5.91 Å². The molecule has 0 fully saturated rings. The van der Waals surface area contributed by atoms with Crippen molar-refractivity contribution in [1.29, 1.82) is 0 Å². The minimum absolute atomic E-state index is 0.0389. The van der Waals surface area contributed by atoms with Gasteiger partial charge in [-0.25, -0.2) is 0 Å². The summed E-state index contributed by atoms with van der Waals surface area (Å²) in [5, 5.41) is 12.4. The van der Waals surface area contributed by atoms with Crippen molar-refractivity contribution in [3.63, 3.8) is 0 Å². The summed E-state index contributed by atoms with van der Waals surface area (Å²) in [6.07, 6.45) is 3.09. The summed E-state index contributed by atoms with van der Waals surface area (Å²) in [6, 6.07) is 12.3. The van der Waals surface area contributed by atoms with Gasteiger partial charge in [0.05, 0.1) is 5.69 Å². The predicted molar refractivity (Wildman–Crippen MR) is 89.5 cm³/mol. The summed E-state index contributed by atoms with van der Waals surface area (Å²) in [5.74, 6) is 0.417. The van der Waals surface area contributed by atoms with E-state index in [0.717, 1.165) is 11.1 Å². The number of benzene rings is 2. The molecule has 2 rings (SSSR count). The summed E-state index contributed by atoms with van der Waals surface area (Å²) in [5.41, 5.74) is 2.20. The van der Waals surface area contributed by atoms with Crippen LogP contribution in [0.3, 0.4) is 0 Å². The smallest absolute Gasteiger partial charge is 0.248 e. The third kappa shape index (κ3) is 5.16. The first-order valence-corrected chi connectivity index (χ1v) is 7.09. The molecule has 0 aliphatic rings. The van der Waals surface area contributed by atoms with E-state index in [2.05, 4.69) is 5.32 Å². The molecule has 5 heteroatoms. The lowest BCUT2D eigenvalue weighted by Crippen LogP contribution is -2.08. The van der Waals surface area contributed by atoms with Gasteiger partial charge >= 0.3 is 0 Å². The number of aryl methyl sites for hydroxylation is 1. The van der Waals surface area contributed by atoms with Crippen LogP contribution in [0.2, 0.25) is 0 Å². The lowest BCUT2D eigenvalue weighted by molar-refractivity contribution is -0.111. The van der Waals surface area contributed by atoms with Gasteiger partial charge in [0, 0.05) is 13.2 Å². The number of aromatic hydroxyl groups is 1. The molecule has 1 amide bonds. The van der Waals surface area contributed by atoms with Crippen LogP contribution in [0, 0.1) is 6.92 Å². The van der Waals surface area contributed by atoms with Crippen LogP contribution in [-0.2, 0) is 9.53 Å². The van der Waals surface area contributed by atoms with Crippen molar-refractivity contribution in [3.8, 4) is 11.5 Å². The first-order valence-electron chi connectivity index (χ1n) is 7.09.